The van der Waals surface area contributed by atoms with Crippen LogP contribution in [-0.4, -0.2) is 37.2 Å². The lowest BCUT2D eigenvalue weighted by molar-refractivity contribution is -0.167. The molecule has 396 valence electrons. The summed E-state index contributed by atoms with van der Waals surface area (Å²) < 4.78 is 16.7. The van der Waals surface area contributed by atoms with Crippen LogP contribution in [-0.2, 0) is 28.6 Å². The molecule has 0 aliphatic heterocycles. The zero-order valence-corrected chi connectivity index (χ0v) is 45.3. The Kier molecular flexibility index (Phi) is 54.3. The molecule has 0 aliphatic carbocycles. The van der Waals surface area contributed by atoms with Crippen LogP contribution >= 0.6 is 0 Å². The summed E-state index contributed by atoms with van der Waals surface area (Å²) in [6.45, 7) is 6.40. The van der Waals surface area contributed by atoms with Crippen LogP contribution in [0.1, 0.15) is 278 Å². The van der Waals surface area contributed by atoms with Gasteiger partial charge in [-0.25, -0.2) is 0 Å². The maximum Gasteiger partial charge on any atom is 0.306 e. The first-order valence-corrected chi connectivity index (χ1v) is 29.1. The molecule has 0 saturated heterocycles. The first-order chi connectivity index (χ1) is 34.0. The van der Waals surface area contributed by atoms with Gasteiger partial charge in [-0.1, -0.05) is 254 Å². The molecular weight excluding hydrogens is 853 g/mol. The Labute approximate surface area is 426 Å². The van der Waals surface area contributed by atoms with E-state index in [1.807, 2.05) is 0 Å². The van der Waals surface area contributed by atoms with E-state index in [-0.39, 0.29) is 31.1 Å². The van der Waals surface area contributed by atoms with Crippen molar-refractivity contribution in [3.05, 3.63) is 85.1 Å². The van der Waals surface area contributed by atoms with Gasteiger partial charge in [-0.3, -0.25) is 14.4 Å². The average molecular weight is 962 g/mol. The van der Waals surface area contributed by atoms with Crippen LogP contribution in [0.2, 0.25) is 0 Å². The molecule has 0 heterocycles. The predicted molar refractivity (Wildman–Crippen MR) is 297 cm³/mol. The third-order valence-electron chi connectivity index (χ3n) is 12.4. The molecule has 0 rings (SSSR count). The number of carbonyl (C=O) groups excluding carboxylic acids is 3. The van der Waals surface area contributed by atoms with E-state index in [0.717, 1.165) is 116 Å². The number of hydrogen-bond acceptors (Lipinski definition) is 6. The Morgan fingerprint density at radius 3 is 0.942 bits per heavy atom. The van der Waals surface area contributed by atoms with Crippen molar-refractivity contribution in [3.63, 3.8) is 0 Å². The van der Waals surface area contributed by atoms with Crippen molar-refractivity contribution in [1.29, 1.82) is 0 Å². The maximum absolute atomic E-state index is 12.7. The second-order valence-corrected chi connectivity index (χ2v) is 19.2. The molecule has 0 radical (unpaired) electrons. The topological polar surface area (TPSA) is 78.9 Å². The number of hydrogen-bond donors (Lipinski definition) is 0. The minimum atomic E-state index is -0.773. The normalized spacial score (nSPS) is 12.7. The molecule has 0 aromatic carbocycles. The van der Waals surface area contributed by atoms with Crippen molar-refractivity contribution < 1.29 is 28.6 Å². The van der Waals surface area contributed by atoms with Crippen LogP contribution in [0.25, 0.3) is 0 Å². The SMILES string of the molecule is CC/C=C\C/C=C\C/C=C\C/C=C\C/C=C\C/C=C\CCCCCCCCCCCCCCCCCCC(=O)OCC(COC(=O)CCCCCCC)OC(=O)CCCCCCC/C=C\CCCC. The highest BCUT2D eigenvalue weighted by Crippen LogP contribution is 2.16. The van der Waals surface area contributed by atoms with E-state index in [9.17, 15) is 14.4 Å². The monoisotopic (exact) mass is 961 g/mol. The van der Waals surface area contributed by atoms with E-state index in [0.29, 0.717) is 19.3 Å². The predicted octanol–water partition coefficient (Wildman–Crippen LogP) is 19.5. The first kappa shape index (κ1) is 65.6. The number of unbranched alkanes of at least 4 members (excludes halogenated alkanes) is 27. The summed E-state index contributed by atoms with van der Waals surface area (Å²) in [4.78, 5) is 37.6. The van der Waals surface area contributed by atoms with Crippen molar-refractivity contribution in [2.45, 2.75) is 284 Å². The van der Waals surface area contributed by atoms with Gasteiger partial charge in [0.05, 0.1) is 0 Å². The quantitative estimate of drug-likeness (QED) is 0.0262. The minimum absolute atomic E-state index is 0.0769. The van der Waals surface area contributed by atoms with E-state index >= 15 is 0 Å². The summed E-state index contributed by atoms with van der Waals surface area (Å²) in [6, 6.07) is 0. The Morgan fingerprint density at radius 2 is 0.580 bits per heavy atom. The van der Waals surface area contributed by atoms with Gasteiger partial charge in [0.15, 0.2) is 6.10 Å². The third-order valence-corrected chi connectivity index (χ3v) is 12.4. The average Bonchev–Trinajstić information content (AvgIpc) is 3.35. The first-order valence-electron chi connectivity index (χ1n) is 29.1. The van der Waals surface area contributed by atoms with Crippen LogP contribution in [0.4, 0.5) is 0 Å². The minimum Gasteiger partial charge on any atom is -0.462 e. The van der Waals surface area contributed by atoms with Crippen molar-refractivity contribution >= 4 is 17.9 Å². The largest absolute Gasteiger partial charge is 0.462 e. The van der Waals surface area contributed by atoms with Crippen LogP contribution < -0.4 is 0 Å². The number of allylic oxidation sites excluding steroid dienone is 14. The Bertz CT molecular complexity index is 1330. The Balaban J connectivity index is 3.89. The highest BCUT2D eigenvalue weighted by atomic mass is 16.6. The van der Waals surface area contributed by atoms with E-state index in [1.54, 1.807) is 0 Å². The molecule has 1 atom stereocenters. The molecule has 0 aromatic heterocycles. The molecule has 6 heteroatoms. The van der Waals surface area contributed by atoms with Crippen molar-refractivity contribution in [3.8, 4) is 0 Å². The van der Waals surface area contributed by atoms with Gasteiger partial charge in [-0.2, -0.15) is 0 Å². The fraction of sp³-hybridized carbons (Fsp3) is 0.730. The number of ether oxygens (including phenoxy) is 3. The summed E-state index contributed by atoms with van der Waals surface area (Å²) in [5.41, 5.74) is 0. The summed E-state index contributed by atoms with van der Waals surface area (Å²) in [7, 11) is 0. The summed E-state index contributed by atoms with van der Waals surface area (Å²) in [6.07, 6.45) is 75.0. The molecule has 0 amide bonds. The molecule has 0 N–H and O–H groups in total. The van der Waals surface area contributed by atoms with Gasteiger partial charge >= 0.3 is 17.9 Å². The zero-order chi connectivity index (χ0) is 50.0. The van der Waals surface area contributed by atoms with Gasteiger partial charge in [0, 0.05) is 19.3 Å². The van der Waals surface area contributed by atoms with Gasteiger partial charge in [0.25, 0.3) is 0 Å². The lowest BCUT2D eigenvalue weighted by Gasteiger charge is -2.18. The zero-order valence-electron chi connectivity index (χ0n) is 45.3. The van der Waals surface area contributed by atoms with Crippen molar-refractivity contribution in [1.82, 2.24) is 0 Å². The smallest absolute Gasteiger partial charge is 0.306 e. The second-order valence-electron chi connectivity index (χ2n) is 19.2. The molecular formula is C63H108O6. The Hall–Kier alpha value is -3.41. The van der Waals surface area contributed by atoms with Crippen LogP contribution in [0, 0.1) is 0 Å². The standard InChI is InChI=1S/C63H108O6/c1-4-7-10-13-15-17-19-20-21-22-23-24-25-26-27-28-29-30-31-32-33-34-35-36-37-38-39-40-41-42-44-45-47-50-53-56-62(65)68-59-60(58-67-61(64)55-52-49-12-9-6-3)69-63(66)57-54-51-48-46-43-18-16-14-11-8-5-2/h7,10,14-17,20-21,23-24,26-27,29-30,60H,4-6,8-9,11-13,18-19,22,25,28,31-59H2,1-3H3/b10-7-,16-14-,17-15-,21-20-,24-23-,27-26-,30-29-. The van der Waals surface area contributed by atoms with Crippen LogP contribution in [0.15, 0.2) is 85.1 Å². The molecule has 0 bridgehead atoms. The summed E-state index contributed by atoms with van der Waals surface area (Å²) in [5, 5.41) is 0. The molecule has 1 unspecified atom stereocenters. The van der Waals surface area contributed by atoms with Gasteiger partial charge in [0.2, 0.25) is 0 Å². The molecule has 0 fully saturated rings. The van der Waals surface area contributed by atoms with E-state index in [2.05, 4.69) is 106 Å². The molecule has 0 spiro atoms. The van der Waals surface area contributed by atoms with Gasteiger partial charge in [-0.15, -0.1) is 0 Å². The lowest BCUT2D eigenvalue weighted by atomic mass is 10.0. The lowest BCUT2D eigenvalue weighted by Crippen LogP contribution is -2.30. The van der Waals surface area contributed by atoms with Crippen molar-refractivity contribution in [2.75, 3.05) is 13.2 Å². The molecule has 6 nitrogen and oxygen atoms in total. The molecule has 0 aromatic rings. The third kappa shape index (κ3) is 55.4. The van der Waals surface area contributed by atoms with Crippen molar-refractivity contribution in [2.24, 2.45) is 0 Å². The van der Waals surface area contributed by atoms with Crippen LogP contribution in [0.3, 0.4) is 0 Å². The highest BCUT2D eigenvalue weighted by molar-refractivity contribution is 5.71. The van der Waals surface area contributed by atoms with E-state index in [1.165, 1.54) is 122 Å². The number of esters is 3. The van der Waals surface area contributed by atoms with Gasteiger partial charge in [0.1, 0.15) is 13.2 Å². The van der Waals surface area contributed by atoms with E-state index < -0.39 is 6.10 Å². The molecule has 0 aliphatic rings. The fourth-order valence-electron chi connectivity index (χ4n) is 8.02. The van der Waals surface area contributed by atoms with Gasteiger partial charge in [-0.05, 0) is 89.9 Å². The molecule has 69 heavy (non-hydrogen) atoms. The van der Waals surface area contributed by atoms with Gasteiger partial charge < -0.3 is 14.2 Å². The number of carbonyl (C=O) groups is 3. The summed E-state index contributed by atoms with van der Waals surface area (Å²) in [5.74, 6) is -0.897. The number of rotatable bonds is 52. The van der Waals surface area contributed by atoms with Crippen LogP contribution in [0.5, 0.6) is 0 Å². The fourth-order valence-corrected chi connectivity index (χ4v) is 8.02. The highest BCUT2D eigenvalue weighted by Gasteiger charge is 2.19. The van der Waals surface area contributed by atoms with E-state index in [4.69, 9.17) is 14.2 Å². The summed E-state index contributed by atoms with van der Waals surface area (Å²) >= 11 is 0. The second kappa shape index (κ2) is 57.2. The molecule has 0 saturated carbocycles. The Morgan fingerprint density at radius 1 is 0.304 bits per heavy atom. The maximum atomic E-state index is 12.7.